The van der Waals surface area contributed by atoms with E-state index in [1.54, 1.807) is 29.7 Å². The van der Waals surface area contributed by atoms with Crippen molar-refractivity contribution < 1.29 is 22.7 Å². The van der Waals surface area contributed by atoms with Gasteiger partial charge in [-0.15, -0.1) is 0 Å². The molecule has 1 fully saturated rings. The number of nitrogens with one attached hydrogen (secondary N) is 1. The van der Waals surface area contributed by atoms with E-state index in [4.69, 9.17) is 4.74 Å². The fourth-order valence-corrected chi connectivity index (χ4v) is 4.12. The minimum absolute atomic E-state index is 0.0902. The Labute approximate surface area is 200 Å². The van der Waals surface area contributed by atoms with E-state index in [-0.39, 0.29) is 17.8 Å². The van der Waals surface area contributed by atoms with Crippen molar-refractivity contribution in [3.63, 3.8) is 0 Å². The summed E-state index contributed by atoms with van der Waals surface area (Å²) in [4.78, 5) is 29.4. The molecule has 2 unspecified atom stereocenters. The van der Waals surface area contributed by atoms with Crippen molar-refractivity contribution in [3.8, 4) is 5.88 Å². The molecule has 1 N–H and O–H groups in total. The molecule has 0 bridgehead atoms. The number of hydrogen-bond acceptors (Lipinski definition) is 6. The molecule has 1 aromatic carbocycles. The number of ether oxygens (including phenoxy) is 1. The van der Waals surface area contributed by atoms with E-state index in [1.807, 2.05) is 30.9 Å². The molecule has 2 aromatic heterocycles. The van der Waals surface area contributed by atoms with Crippen LogP contribution in [0.25, 0.3) is 0 Å². The second-order valence-corrected chi connectivity index (χ2v) is 8.35. The number of pyridine rings is 1. The smallest absolute Gasteiger partial charge is 0.416 e. The van der Waals surface area contributed by atoms with Crippen LogP contribution >= 0.6 is 0 Å². The van der Waals surface area contributed by atoms with Crippen LogP contribution in [0.15, 0.2) is 61.2 Å². The highest BCUT2D eigenvalue weighted by Gasteiger charge is 2.35. The van der Waals surface area contributed by atoms with Gasteiger partial charge in [0.15, 0.2) is 5.82 Å². The molecule has 8 nitrogen and oxygen atoms in total. The van der Waals surface area contributed by atoms with Crippen LogP contribution in [0.1, 0.15) is 25.0 Å². The molecule has 0 saturated carbocycles. The van der Waals surface area contributed by atoms with E-state index >= 15 is 0 Å². The van der Waals surface area contributed by atoms with Crippen LogP contribution in [0, 0.1) is 0 Å². The number of urea groups is 1. The summed E-state index contributed by atoms with van der Waals surface area (Å²) in [6.07, 6.45) is 2.01. The lowest BCUT2D eigenvalue weighted by Gasteiger charge is -2.44. The number of piperazine rings is 1. The maximum absolute atomic E-state index is 13.0. The fraction of sp³-hybridized carbons (Fsp3) is 0.333. The maximum atomic E-state index is 13.0. The fourth-order valence-electron chi connectivity index (χ4n) is 4.12. The Kier molecular flexibility index (Phi) is 7.04. The molecule has 0 aliphatic carbocycles. The molecule has 3 aromatic rings. The lowest BCUT2D eigenvalue weighted by atomic mass is 10.1. The number of rotatable bonds is 5. The zero-order valence-electron chi connectivity index (χ0n) is 19.2. The number of anilines is 2. The third-order valence-electron chi connectivity index (χ3n) is 5.67. The Balaban J connectivity index is 1.44. The number of alkyl halides is 3. The highest BCUT2D eigenvalue weighted by atomic mass is 19.4. The second-order valence-electron chi connectivity index (χ2n) is 8.35. The number of hydrogen-bond donors (Lipinski definition) is 1. The van der Waals surface area contributed by atoms with Crippen LogP contribution in [-0.2, 0) is 12.8 Å². The van der Waals surface area contributed by atoms with E-state index in [1.165, 1.54) is 12.1 Å². The molecule has 184 valence electrons. The number of amides is 2. The van der Waals surface area contributed by atoms with E-state index < -0.39 is 17.8 Å². The van der Waals surface area contributed by atoms with Gasteiger partial charge in [-0.2, -0.15) is 13.2 Å². The predicted octanol–water partition coefficient (Wildman–Crippen LogP) is 4.60. The van der Waals surface area contributed by atoms with Gasteiger partial charge in [-0.05, 0) is 49.7 Å². The van der Waals surface area contributed by atoms with Crippen molar-refractivity contribution in [2.24, 2.45) is 0 Å². The van der Waals surface area contributed by atoms with Crippen molar-refractivity contribution in [1.82, 2.24) is 19.9 Å². The van der Waals surface area contributed by atoms with Crippen LogP contribution in [0.4, 0.5) is 29.5 Å². The van der Waals surface area contributed by atoms with E-state index in [0.29, 0.717) is 31.4 Å². The van der Waals surface area contributed by atoms with Gasteiger partial charge in [0.1, 0.15) is 6.61 Å². The monoisotopic (exact) mass is 486 g/mol. The average molecular weight is 486 g/mol. The van der Waals surface area contributed by atoms with E-state index in [0.717, 1.165) is 17.7 Å². The molecule has 0 spiro atoms. The lowest BCUT2D eigenvalue weighted by molar-refractivity contribution is -0.137. The summed E-state index contributed by atoms with van der Waals surface area (Å²) in [5.74, 6) is 0.948. The molecule has 1 saturated heterocycles. The zero-order valence-corrected chi connectivity index (χ0v) is 19.2. The summed E-state index contributed by atoms with van der Waals surface area (Å²) >= 11 is 0. The maximum Gasteiger partial charge on any atom is 0.416 e. The van der Waals surface area contributed by atoms with E-state index in [2.05, 4.69) is 20.3 Å². The van der Waals surface area contributed by atoms with Crippen molar-refractivity contribution in [2.75, 3.05) is 23.3 Å². The summed E-state index contributed by atoms with van der Waals surface area (Å²) in [6, 6.07) is 7.33. The van der Waals surface area contributed by atoms with Crippen LogP contribution in [0.3, 0.4) is 0 Å². The minimum Gasteiger partial charge on any atom is -0.470 e. The summed E-state index contributed by atoms with van der Waals surface area (Å²) < 4.78 is 45.0. The first-order valence-electron chi connectivity index (χ1n) is 11.1. The van der Waals surface area contributed by atoms with Gasteiger partial charge in [0.2, 0.25) is 0 Å². The molecule has 1 aliphatic rings. The predicted molar refractivity (Wildman–Crippen MR) is 124 cm³/mol. The largest absolute Gasteiger partial charge is 0.470 e. The summed E-state index contributed by atoms with van der Waals surface area (Å²) in [5, 5.41) is 2.60. The highest BCUT2D eigenvalue weighted by molar-refractivity contribution is 5.90. The Morgan fingerprint density at radius 2 is 1.74 bits per heavy atom. The van der Waals surface area contributed by atoms with E-state index in [9.17, 15) is 18.0 Å². The molecule has 3 heterocycles. The number of benzene rings is 1. The quantitative estimate of drug-likeness (QED) is 0.568. The van der Waals surface area contributed by atoms with Crippen molar-refractivity contribution in [3.05, 3.63) is 72.3 Å². The summed E-state index contributed by atoms with van der Waals surface area (Å²) in [7, 11) is 0. The van der Waals surface area contributed by atoms with Gasteiger partial charge in [0, 0.05) is 55.6 Å². The molecular weight excluding hydrogens is 461 g/mol. The van der Waals surface area contributed by atoms with Gasteiger partial charge in [0.25, 0.3) is 5.88 Å². The Morgan fingerprint density at radius 1 is 1.06 bits per heavy atom. The number of aromatic nitrogens is 3. The summed E-state index contributed by atoms with van der Waals surface area (Å²) in [6.45, 7) is 4.96. The molecule has 11 heteroatoms. The molecule has 35 heavy (non-hydrogen) atoms. The second kappa shape index (κ2) is 10.2. The number of carbonyl (C=O) groups excluding carboxylic acids is 1. The molecular formula is C24H25F3N6O2. The lowest BCUT2D eigenvalue weighted by Crippen LogP contribution is -2.60. The molecule has 0 radical (unpaired) electrons. The topological polar surface area (TPSA) is 83.5 Å². The average Bonchev–Trinajstić information content (AvgIpc) is 2.83. The summed E-state index contributed by atoms with van der Waals surface area (Å²) in [5.41, 5.74) is 0.213. The first-order chi connectivity index (χ1) is 16.7. The van der Waals surface area contributed by atoms with Gasteiger partial charge < -0.3 is 19.9 Å². The zero-order chi connectivity index (χ0) is 25.0. The normalized spacial score (nSPS) is 18.3. The van der Waals surface area contributed by atoms with Crippen molar-refractivity contribution in [1.29, 1.82) is 0 Å². The number of nitrogens with zero attached hydrogens (tertiary/aromatic N) is 5. The molecule has 2 atom stereocenters. The van der Waals surface area contributed by atoms with Gasteiger partial charge in [-0.25, -0.2) is 14.8 Å². The van der Waals surface area contributed by atoms with Crippen molar-refractivity contribution in [2.45, 2.75) is 38.7 Å². The minimum atomic E-state index is -4.49. The number of halogens is 3. The van der Waals surface area contributed by atoms with Gasteiger partial charge in [-0.1, -0.05) is 6.07 Å². The van der Waals surface area contributed by atoms with Gasteiger partial charge >= 0.3 is 12.2 Å². The molecule has 4 rings (SSSR count). The highest BCUT2D eigenvalue weighted by Crippen LogP contribution is 2.31. The Bertz CT molecular complexity index is 1150. The van der Waals surface area contributed by atoms with Gasteiger partial charge in [-0.3, -0.25) is 4.98 Å². The molecule has 2 amide bonds. The van der Waals surface area contributed by atoms with Crippen molar-refractivity contribution >= 4 is 17.5 Å². The first kappa shape index (κ1) is 24.2. The molecule has 1 aliphatic heterocycles. The third-order valence-corrected chi connectivity index (χ3v) is 5.67. The Morgan fingerprint density at radius 3 is 2.43 bits per heavy atom. The van der Waals surface area contributed by atoms with Gasteiger partial charge in [0.05, 0.1) is 5.56 Å². The van der Waals surface area contributed by atoms with Crippen LogP contribution in [0.2, 0.25) is 0 Å². The number of carbonyl (C=O) groups is 1. The SMILES string of the molecule is CC1CN(c2nccnc2OCc2ccncc2)CC(C)N1C(=O)Nc1cccc(C(F)(F)F)c1. The van der Waals surface area contributed by atoms with Crippen LogP contribution in [-0.4, -0.2) is 51.1 Å². The first-order valence-corrected chi connectivity index (χ1v) is 11.1. The van der Waals surface area contributed by atoms with Crippen LogP contribution < -0.4 is 15.0 Å². The third kappa shape index (κ3) is 5.79. The Hall–Kier alpha value is -3.89. The van der Waals surface area contributed by atoms with Crippen LogP contribution in [0.5, 0.6) is 5.88 Å². The standard InChI is InChI=1S/C24H25F3N6O2/c1-16-13-32(21-22(30-11-10-29-21)35-15-18-6-8-28-9-7-18)14-17(2)33(16)23(34)31-20-5-3-4-19(12-20)24(25,26)27/h3-12,16-17H,13-15H2,1-2H3,(H,31,34).